The van der Waals surface area contributed by atoms with E-state index in [4.69, 9.17) is 0 Å². The van der Waals surface area contributed by atoms with E-state index in [1.165, 1.54) is 24.6 Å². The highest BCUT2D eigenvalue weighted by atomic mass is 19.1. The predicted molar refractivity (Wildman–Crippen MR) is 69.8 cm³/mol. The number of pyridine rings is 1. The molecular weight excluding hydrogens is 217 g/mol. The Hall–Kier alpha value is -1.64. The second-order valence-corrected chi connectivity index (χ2v) is 3.83. The number of hydrogen-bond donors (Lipinski definition) is 0. The third-order valence-corrected chi connectivity index (χ3v) is 2.27. The van der Waals surface area contributed by atoms with Gasteiger partial charge in [-0.3, -0.25) is 4.79 Å². The first-order valence-electron chi connectivity index (χ1n) is 5.93. The van der Waals surface area contributed by atoms with Crippen LogP contribution in [0.1, 0.15) is 27.2 Å². The summed E-state index contributed by atoms with van der Waals surface area (Å²) in [6.07, 6.45) is 1.25. The molecule has 0 unspecified atom stereocenters. The first kappa shape index (κ1) is 13.4. The van der Waals surface area contributed by atoms with Gasteiger partial charge in [0.05, 0.1) is 5.52 Å². The van der Waals surface area contributed by atoms with Crippen LogP contribution in [0.15, 0.2) is 35.1 Å². The van der Waals surface area contributed by atoms with E-state index < -0.39 is 0 Å². The van der Waals surface area contributed by atoms with E-state index >= 15 is 0 Å². The van der Waals surface area contributed by atoms with Crippen LogP contribution in [0.25, 0.3) is 10.9 Å². The summed E-state index contributed by atoms with van der Waals surface area (Å²) < 4.78 is 14.5. The number of aromatic nitrogens is 1. The molecule has 0 saturated heterocycles. The zero-order chi connectivity index (χ0) is 12.8. The maximum atomic E-state index is 13.0. The molecule has 0 aliphatic carbocycles. The van der Waals surface area contributed by atoms with Crippen molar-refractivity contribution < 1.29 is 4.39 Å². The number of hydrogen-bond acceptors (Lipinski definition) is 1. The van der Waals surface area contributed by atoms with E-state index in [9.17, 15) is 9.18 Å². The highest BCUT2D eigenvalue weighted by molar-refractivity contribution is 5.78. The van der Waals surface area contributed by atoms with E-state index in [0.717, 1.165) is 5.39 Å². The molecule has 0 spiro atoms. The Labute approximate surface area is 101 Å². The van der Waals surface area contributed by atoms with Crippen molar-refractivity contribution >= 4 is 10.9 Å². The highest BCUT2D eigenvalue weighted by Gasteiger charge is 2.01. The predicted octanol–water partition coefficient (Wildman–Crippen LogP) is 3.58. The summed E-state index contributed by atoms with van der Waals surface area (Å²) in [6.45, 7) is 6.67. The number of nitrogens with zero attached hydrogens (tertiary/aromatic N) is 1. The van der Waals surface area contributed by atoms with Crippen molar-refractivity contribution in [2.75, 3.05) is 0 Å². The summed E-state index contributed by atoms with van der Waals surface area (Å²) in [5.74, 6) is -0.315. The van der Waals surface area contributed by atoms with E-state index in [1.807, 2.05) is 6.92 Å². The lowest BCUT2D eigenvalue weighted by atomic mass is 10.2. The maximum absolute atomic E-state index is 13.0. The Morgan fingerprint density at radius 2 is 1.71 bits per heavy atom. The van der Waals surface area contributed by atoms with Gasteiger partial charge in [0, 0.05) is 12.6 Å². The van der Waals surface area contributed by atoms with Crippen LogP contribution >= 0.6 is 0 Å². The number of fused-ring (bicyclic) bond motifs is 1. The van der Waals surface area contributed by atoms with Gasteiger partial charge in [0.25, 0.3) is 5.56 Å². The van der Waals surface area contributed by atoms with Gasteiger partial charge in [0.15, 0.2) is 0 Å². The molecule has 92 valence electrons. The summed E-state index contributed by atoms with van der Waals surface area (Å²) in [7, 11) is 0. The highest BCUT2D eigenvalue weighted by Crippen LogP contribution is 2.13. The van der Waals surface area contributed by atoms with Gasteiger partial charge in [-0.2, -0.15) is 0 Å². The fourth-order valence-electron chi connectivity index (χ4n) is 1.59. The van der Waals surface area contributed by atoms with Gasteiger partial charge in [-0.15, -0.1) is 0 Å². The molecule has 0 radical (unpaired) electrons. The lowest BCUT2D eigenvalue weighted by Crippen LogP contribution is -2.17. The first-order valence-corrected chi connectivity index (χ1v) is 5.93. The number of aryl methyl sites for hydroxylation is 1. The van der Waals surface area contributed by atoms with E-state index in [1.54, 1.807) is 16.7 Å². The molecular formula is C14H18FNO. The van der Waals surface area contributed by atoms with Crippen LogP contribution in [0.4, 0.5) is 4.39 Å². The van der Waals surface area contributed by atoms with Gasteiger partial charge in [-0.25, -0.2) is 4.39 Å². The molecule has 0 fully saturated rings. The summed E-state index contributed by atoms with van der Waals surface area (Å²) in [4.78, 5) is 11.4. The van der Waals surface area contributed by atoms with Gasteiger partial charge in [-0.1, -0.05) is 20.3 Å². The van der Waals surface area contributed by atoms with Crippen LogP contribution in [0, 0.1) is 5.82 Å². The Morgan fingerprint density at radius 1 is 1.12 bits per heavy atom. The Balaban J connectivity index is 0.000000437. The fraction of sp³-hybridized carbons (Fsp3) is 0.357. The minimum atomic E-state index is -0.315. The molecule has 0 bridgehead atoms. The van der Waals surface area contributed by atoms with Crippen LogP contribution in [0.3, 0.4) is 0 Å². The smallest absolute Gasteiger partial charge is 0.251 e. The monoisotopic (exact) mass is 235 g/mol. The first-order chi connectivity index (χ1) is 8.13. The molecule has 1 aromatic carbocycles. The number of benzene rings is 1. The fourth-order valence-corrected chi connectivity index (χ4v) is 1.59. The molecule has 0 saturated carbocycles. The van der Waals surface area contributed by atoms with Gasteiger partial charge in [0.2, 0.25) is 0 Å². The van der Waals surface area contributed by atoms with E-state index in [-0.39, 0.29) is 11.4 Å². The zero-order valence-electron chi connectivity index (χ0n) is 10.5. The quantitative estimate of drug-likeness (QED) is 0.740. The minimum Gasteiger partial charge on any atom is -0.308 e. The van der Waals surface area contributed by atoms with E-state index in [2.05, 4.69) is 13.8 Å². The Bertz CT molecular complexity index is 545. The van der Waals surface area contributed by atoms with Crippen LogP contribution in [-0.4, -0.2) is 4.57 Å². The van der Waals surface area contributed by atoms with Gasteiger partial charge in [-0.05, 0) is 36.6 Å². The van der Waals surface area contributed by atoms with E-state index in [0.29, 0.717) is 12.1 Å². The number of rotatable bonds is 1. The minimum absolute atomic E-state index is 0.0920. The third kappa shape index (κ3) is 3.16. The average Bonchev–Trinajstić information content (AvgIpc) is 2.30. The summed E-state index contributed by atoms with van der Waals surface area (Å²) in [5, 5.41) is 0.882. The lowest BCUT2D eigenvalue weighted by molar-refractivity contribution is 0.627. The SMILES string of the molecule is CCC.CCn1c(=O)ccc2ccc(F)cc21. The number of halogens is 1. The molecule has 0 N–H and O–H groups in total. The molecule has 0 aliphatic heterocycles. The van der Waals surface area contributed by atoms with Crippen molar-refractivity contribution in [3.05, 3.63) is 46.5 Å². The van der Waals surface area contributed by atoms with Gasteiger partial charge >= 0.3 is 0 Å². The standard InChI is InChI=1S/C11H10FNO.C3H8/c1-2-13-10-7-9(12)5-3-8(10)4-6-11(13)14;1-3-2/h3-7H,2H2,1H3;3H2,1-2H3. The van der Waals surface area contributed by atoms with Crippen molar-refractivity contribution in [2.24, 2.45) is 0 Å². The van der Waals surface area contributed by atoms with Gasteiger partial charge in [0.1, 0.15) is 5.82 Å². The second-order valence-electron chi connectivity index (χ2n) is 3.83. The van der Waals surface area contributed by atoms with Crippen molar-refractivity contribution in [3.63, 3.8) is 0 Å². The summed E-state index contributed by atoms with van der Waals surface area (Å²) in [5.41, 5.74) is 0.561. The molecule has 0 atom stereocenters. The summed E-state index contributed by atoms with van der Waals surface area (Å²) >= 11 is 0. The van der Waals surface area contributed by atoms with Gasteiger partial charge < -0.3 is 4.57 Å². The average molecular weight is 235 g/mol. The largest absolute Gasteiger partial charge is 0.308 e. The second kappa shape index (κ2) is 6.18. The maximum Gasteiger partial charge on any atom is 0.251 e. The van der Waals surface area contributed by atoms with Crippen LogP contribution in [0.2, 0.25) is 0 Å². The molecule has 2 nitrogen and oxygen atoms in total. The van der Waals surface area contributed by atoms with Crippen LogP contribution < -0.4 is 5.56 Å². The van der Waals surface area contributed by atoms with Crippen molar-refractivity contribution in [2.45, 2.75) is 33.7 Å². The van der Waals surface area contributed by atoms with Crippen molar-refractivity contribution in [1.29, 1.82) is 0 Å². The molecule has 0 amide bonds. The molecule has 0 aliphatic rings. The lowest BCUT2D eigenvalue weighted by Gasteiger charge is -2.06. The van der Waals surface area contributed by atoms with Crippen molar-refractivity contribution in [3.8, 4) is 0 Å². The summed E-state index contributed by atoms with van der Waals surface area (Å²) in [6, 6.07) is 7.68. The molecule has 1 aromatic heterocycles. The van der Waals surface area contributed by atoms with Crippen molar-refractivity contribution in [1.82, 2.24) is 4.57 Å². The molecule has 2 rings (SSSR count). The third-order valence-electron chi connectivity index (χ3n) is 2.27. The Morgan fingerprint density at radius 3 is 2.29 bits per heavy atom. The van der Waals surface area contributed by atoms with Crippen LogP contribution in [0.5, 0.6) is 0 Å². The molecule has 3 heteroatoms. The zero-order valence-corrected chi connectivity index (χ0v) is 10.5. The molecule has 17 heavy (non-hydrogen) atoms. The Kier molecular flexibility index (Phi) is 4.88. The molecule has 1 heterocycles. The normalized spacial score (nSPS) is 9.88. The molecule has 2 aromatic rings. The topological polar surface area (TPSA) is 22.0 Å². The van der Waals surface area contributed by atoms with Crippen LogP contribution in [-0.2, 0) is 6.54 Å².